The lowest BCUT2D eigenvalue weighted by Crippen LogP contribution is -2.19. The molecule has 31 heavy (non-hydrogen) atoms. The number of halogens is 1. The highest BCUT2D eigenvalue weighted by Crippen LogP contribution is 2.41. The van der Waals surface area contributed by atoms with Gasteiger partial charge < -0.3 is 0 Å². The number of rotatable bonds is 4. The Morgan fingerprint density at radius 2 is 1.48 bits per heavy atom. The van der Waals surface area contributed by atoms with Crippen LogP contribution < -0.4 is 0 Å². The standard InChI is InChI=1S/C25H21BrN4S/c1-16-3-9-19(10-4-16)23-24(20-11-5-17(2)6-12-20)31-25-28-27-22(30(25)29-23)15-18-7-13-21(26)14-8-18/h3-14,24H,15H2,1-2H3/t24-/m0/s1. The van der Waals surface area contributed by atoms with Gasteiger partial charge in [0.1, 0.15) is 0 Å². The molecule has 0 spiro atoms. The van der Waals surface area contributed by atoms with Crippen LogP contribution in [0.25, 0.3) is 0 Å². The van der Waals surface area contributed by atoms with E-state index in [1.165, 1.54) is 22.3 Å². The predicted molar refractivity (Wildman–Crippen MR) is 130 cm³/mol. The van der Waals surface area contributed by atoms with E-state index in [4.69, 9.17) is 5.10 Å². The summed E-state index contributed by atoms with van der Waals surface area (Å²) in [5.41, 5.74) is 7.03. The summed E-state index contributed by atoms with van der Waals surface area (Å²) in [7, 11) is 0. The Balaban J connectivity index is 1.57. The van der Waals surface area contributed by atoms with Gasteiger partial charge in [0.2, 0.25) is 5.16 Å². The van der Waals surface area contributed by atoms with E-state index in [9.17, 15) is 0 Å². The SMILES string of the molecule is Cc1ccc(C2=Nn3c(Cc4ccc(Br)cc4)nnc3S[C@H]2c2ccc(C)cc2)cc1. The zero-order valence-electron chi connectivity index (χ0n) is 17.3. The van der Waals surface area contributed by atoms with Crippen molar-refractivity contribution in [2.45, 2.75) is 30.7 Å². The summed E-state index contributed by atoms with van der Waals surface area (Å²) in [4.78, 5) is 0. The predicted octanol–water partition coefficient (Wildman–Crippen LogP) is 6.35. The maximum absolute atomic E-state index is 5.08. The van der Waals surface area contributed by atoms with Crippen LogP contribution in [0.1, 0.15) is 38.9 Å². The zero-order chi connectivity index (χ0) is 21.4. The number of benzene rings is 3. The molecule has 0 fully saturated rings. The van der Waals surface area contributed by atoms with E-state index >= 15 is 0 Å². The summed E-state index contributed by atoms with van der Waals surface area (Å²) >= 11 is 5.21. The van der Waals surface area contributed by atoms with Crippen molar-refractivity contribution in [2.24, 2.45) is 5.10 Å². The normalized spacial score (nSPS) is 15.5. The molecule has 4 aromatic rings. The van der Waals surface area contributed by atoms with Crippen LogP contribution in [0.2, 0.25) is 0 Å². The van der Waals surface area contributed by atoms with Crippen LogP contribution in [0.4, 0.5) is 0 Å². The summed E-state index contributed by atoms with van der Waals surface area (Å²) in [6.45, 7) is 4.21. The molecule has 4 nitrogen and oxygen atoms in total. The highest BCUT2D eigenvalue weighted by atomic mass is 79.9. The summed E-state index contributed by atoms with van der Waals surface area (Å²) in [6.07, 6.45) is 0.681. The van der Waals surface area contributed by atoms with E-state index in [1.807, 2.05) is 16.8 Å². The maximum Gasteiger partial charge on any atom is 0.213 e. The molecule has 0 aliphatic carbocycles. The van der Waals surface area contributed by atoms with E-state index < -0.39 is 0 Å². The van der Waals surface area contributed by atoms with Crippen LogP contribution in [0, 0.1) is 13.8 Å². The van der Waals surface area contributed by atoms with Crippen LogP contribution in [0.15, 0.2) is 87.5 Å². The zero-order valence-corrected chi connectivity index (χ0v) is 19.7. The molecule has 6 heteroatoms. The molecule has 0 radical (unpaired) electrons. The summed E-state index contributed by atoms with van der Waals surface area (Å²) in [5.74, 6) is 0.844. The lowest BCUT2D eigenvalue weighted by molar-refractivity contribution is 0.713. The third-order valence-electron chi connectivity index (χ3n) is 5.36. The van der Waals surface area contributed by atoms with Gasteiger partial charge in [-0.05, 0) is 42.7 Å². The van der Waals surface area contributed by atoms with Crippen LogP contribution in [-0.4, -0.2) is 20.6 Å². The molecule has 0 amide bonds. The van der Waals surface area contributed by atoms with E-state index in [2.05, 4.69) is 101 Å². The van der Waals surface area contributed by atoms with Crippen LogP contribution >= 0.6 is 27.7 Å². The minimum Gasteiger partial charge on any atom is -0.191 e. The Hall–Kier alpha value is -2.70. The first-order chi connectivity index (χ1) is 15.1. The summed E-state index contributed by atoms with van der Waals surface area (Å²) in [6, 6.07) is 25.6. The van der Waals surface area contributed by atoms with Crippen molar-refractivity contribution in [1.82, 2.24) is 14.9 Å². The number of aromatic nitrogens is 3. The highest BCUT2D eigenvalue weighted by molar-refractivity contribution is 9.10. The first-order valence-corrected chi connectivity index (χ1v) is 11.8. The Bertz CT molecular complexity index is 1240. The van der Waals surface area contributed by atoms with Gasteiger partial charge in [0, 0.05) is 10.9 Å². The van der Waals surface area contributed by atoms with Crippen molar-refractivity contribution in [1.29, 1.82) is 0 Å². The Labute approximate surface area is 194 Å². The maximum atomic E-state index is 5.08. The largest absolute Gasteiger partial charge is 0.213 e. The van der Waals surface area contributed by atoms with Gasteiger partial charge in [0.15, 0.2) is 5.82 Å². The van der Waals surface area contributed by atoms with Gasteiger partial charge in [-0.3, -0.25) is 0 Å². The fourth-order valence-corrected chi connectivity index (χ4v) is 4.98. The topological polar surface area (TPSA) is 43.1 Å². The smallest absolute Gasteiger partial charge is 0.191 e. The number of nitrogens with zero attached hydrogens (tertiary/aromatic N) is 4. The van der Waals surface area contributed by atoms with Crippen molar-refractivity contribution >= 4 is 33.4 Å². The Morgan fingerprint density at radius 3 is 2.16 bits per heavy atom. The van der Waals surface area contributed by atoms with Gasteiger partial charge in [-0.2, -0.15) is 9.78 Å². The van der Waals surface area contributed by atoms with Crippen molar-refractivity contribution in [3.63, 3.8) is 0 Å². The third-order valence-corrected chi connectivity index (χ3v) is 7.08. The fourth-order valence-electron chi connectivity index (χ4n) is 3.59. The molecular formula is C25H21BrN4S. The summed E-state index contributed by atoms with van der Waals surface area (Å²) < 4.78 is 2.97. The minimum absolute atomic E-state index is 0.0699. The number of hydrogen-bond donors (Lipinski definition) is 0. The van der Waals surface area contributed by atoms with E-state index in [1.54, 1.807) is 11.8 Å². The minimum atomic E-state index is 0.0699. The number of aryl methyl sites for hydroxylation is 2. The molecule has 0 N–H and O–H groups in total. The number of thioether (sulfide) groups is 1. The fraction of sp³-hybridized carbons (Fsp3) is 0.160. The molecule has 5 rings (SSSR count). The average Bonchev–Trinajstić information content (AvgIpc) is 3.17. The molecule has 0 unspecified atom stereocenters. The van der Waals surface area contributed by atoms with Gasteiger partial charge in [0.05, 0.1) is 11.0 Å². The molecule has 0 saturated carbocycles. The monoisotopic (exact) mass is 488 g/mol. The molecule has 2 heterocycles. The van der Waals surface area contributed by atoms with E-state index in [0.29, 0.717) is 6.42 Å². The molecule has 1 aliphatic heterocycles. The van der Waals surface area contributed by atoms with E-state index in [-0.39, 0.29) is 5.25 Å². The van der Waals surface area contributed by atoms with Gasteiger partial charge in [-0.15, -0.1) is 10.2 Å². The molecule has 0 saturated heterocycles. The van der Waals surface area contributed by atoms with Crippen LogP contribution in [-0.2, 0) is 6.42 Å². The molecule has 1 aliphatic rings. The van der Waals surface area contributed by atoms with Gasteiger partial charge in [-0.25, -0.2) is 0 Å². The first kappa shape index (κ1) is 20.2. The van der Waals surface area contributed by atoms with Crippen molar-refractivity contribution < 1.29 is 0 Å². The Morgan fingerprint density at radius 1 is 0.839 bits per heavy atom. The first-order valence-electron chi connectivity index (χ1n) is 10.1. The van der Waals surface area contributed by atoms with Crippen LogP contribution in [0.5, 0.6) is 0 Å². The highest BCUT2D eigenvalue weighted by Gasteiger charge is 2.30. The third kappa shape index (κ3) is 4.23. The second kappa shape index (κ2) is 8.44. The van der Waals surface area contributed by atoms with Crippen molar-refractivity contribution in [2.75, 3.05) is 0 Å². The second-order valence-corrected chi connectivity index (χ2v) is 9.76. The average molecular weight is 489 g/mol. The number of hydrogen-bond acceptors (Lipinski definition) is 4. The number of fused-ring (bicyclic) bond motifs is 1. The molecule has 0 bridgehead atoms. The molecule has 3 aromatic carbocycles. The molecule has 154 valence electrons. The van der Waals surface area contributed by atoms with Gasteiger partial charge >= 0.3 is 0 Å². The Kier molecular flexibility index (Phi) is 5.50. The quantitative estimate of drug-likeness (QED) is 0.336. The lowest BCUT2D eigenvalue weighted by Gasteiger charge is -2.24. The van der Waals surface area contributed by atoms with Crippen LogP contribution in [0.3, 0.4) is 0 Å². The summed E-state index contributed by atoms with van der Waals surface area (Å²) in [5, 5.41) is 14.9. The van der Waals surface area contributed by atoms with Gasteiger partial charge in [0.25, 0.3) is 0 Å². The molecule has 1 atom stereocenters. The van der Waals surface area contributed by atoms with Crippen molar-refractivity contribution in [3.05, 3.63) is 111 Å². The lowest BCUT2D eigenvalue weighted by atomic mass is 10.00. The second-order valence-electron chi connectivity index (χ2n) is 7.77. The van der Waals surface area contributed by atoms with Crippen molar-refractivity contribution in [3.8, 4) is 0 Å². The van der Waals surface area contributed by atoms with Gasteiger partial charge in [-0.1, -0.05) is 99.5 Å². The molecule has 1 aromatic heterocycles. The van der Waals surface area contributed by atoms with E-state index in [0.717, 1.165) is 26.7 Å². The molecular weight excluding hydrogens is 468 g/mol.